The standard InChI is InChI=1S/C13H9NS2/c14-9-10-1-5-12(6-2-10)16-13-7-3-11(15)4-8-13/h1-8,15H. The summed E-state index contributed by atoms with van der Waals surface area (Å²) in [5.41, 5.74) is 0.690. The van der Waals surface area contributed by atoms with E-state index in [2.05, 4.69) is 18.7 Å². The molecule has 78 valence electrons. The Balaban J connectivity index is 2.15. The van der Waals surface area contributed by atoms with Gasteiger partial charge in [0.2, 0.25) is 0 Å². The van der Waals surface area contributed by atoms with Gasteiger partial charge in [0.1, 0.15) is 0 Å². The van der Waals surface area contributed by atoms with Crippen LogP contribution in [-0.4, -0.2) is 0 Å². The number of nitriles is 1. The van der Waals surface area contributed by atoms with E-state index in [0.717, 1.165) is 9.79 Å². The van der Waals surface area contributed by atoms with Crippen molar-refractivity contribution in [1.29, 1.82) is 5.26 Å². The Bertz CT molecular complexity index is 509. The maximum atomic E-state index is 8.68. The van der Waals surface area contributed by atoms with E-state index in [1.165, 1.54) is 4.90 Å². The molecule has 0 atom stereocenters. The van der Waals surface area contributed by atoms with Gasteiger partial charge >= 0.3 is 0 Å². The fourth-order valence-corrected chi connectivity index (χ4v) is 2.21. The fraction of sp³-hybridized carbons (Fsp3) is 0. The van der Waals surface area contributed by atoms with Crippen molar-refractivity contribution >= 4 is 24.4 Å². The van der Waals surface area contributed by atoms with Crippen LogP contribution >= 0.6 is 24.4 Å². The summed E-state index contributed by atoms with van der Waals surface area (Å²) in [4.78, 5) is 3.26. The van der Waals surface area contributed by atoms with Crippen LogP contribution in [0.4, 0.5) is 0 Å². The molecule has 16 heavy (non-hydrogen) atoms. The minimum absolute atomic E-state index is 0.690. The summed E-state index contributed by atoms with van der Waals surface area (Å²) < 4.78 is 0. The molecular formula is C13H9NS2. The molecule has 0 unspecified atom stereocenters. The lowest BCUT2D eigenvalue weighted by Crippen LogP contribution is -1.76. The monoisotopic (exact) mass is 243 g/mol. The highest BCUT2D eigenvalue weighted by atomic mass is 32.2. The molecule has 2 rings (SSSR count). The van der Waals surface area contributed by atoms with Crippen LogP contribution < -0.4 is 0 Å². The third-order valence-electron chi connectivity index (χ3n) is 2.06. The molecule has 0 fully saturated rings. The second kappa shape index (κ2) is 5.11. The topological polar surface area (TPSA) is 23.8 Å². The van der Waals surface area contributed by atoms with Crippen LogP contribution in [-0.2, 0) is 0 Å². The van der Waals surface area contributed by atoms with Crippen LogP contribution in [0.2, 0.25) is 0 Å². The molecule has 0 aliphatic rings. The van der Waals surface area contributed by atoms with Gasteiger partial charge in [-0.3, -0.25) is 0 Å². The van der Waals surface area contributed by atoms with Crippen LogP contribution in [0, 0.1) is 11.3 Å². The maximum Gasteiger partial charge on any atom is 0.0991 e. The van der Waals surface area contributed by atoms with Crippen LogP contribution in [0.15, 0.2) is 63.2 Å². The summed E-state index contributed by atoms with van der Waals surface area (Å²) in [7, 11) is 0. The highest BCUT2D eigenvalue weighted by molar-refractivity contribution is 7.99. The van der Waals surface area contributed by atoms with Crippen molar-refractivity contribution in [1.82, 2.24) is 0 Å². The van der Waals surface area contributed by atoms with E-state index in [1.54, 1.807) is 11.8 Å². The zero-order valence-corrected chi connectivity index (χ0v) is 10.1. The molecule has 0 amide bonds. The average molecular weight is 243 g/mol. The molecule has 0 spiro atoms. The van der Waals surface area contributed by atoms with E-state index in [-0.39, 0.29) is 0 Å². The Hall–Kier alpha value is -1.37. The van der Waals surface area contributed by atoms with E-state index in [0.29, 0.717) is 5.56 Å². The number of hydrogen-bond donors (Lipinski definition) is 1. The summed E-state index contributed by atoms with van der Waals surface area (Å²) in [5, 5.41) is 8.68. The van der Waals surface area contributed by atoms with E-state index in [9.17, 15) is 0 Å². The smallest absolute Gasteiger partial charge is 0.0991 e. The normalized spacial score (nSPS) is 9.75. The van der Waals surface area contributed by atoms with Crippen molar-refractivity contribution in [2.45, 2.75) is 14.7 Å². The van der Waals surface area contributed by atoms with Gasteiger partial charge in [0, 0.05) is 14.7 Å². The van der Waals surface area contributed by atoms with Crippen LogP contribution in [0.1, 0.15) is 5.56 Å². The fourth-order valence-electron chi connectivity index (χ4n) is 1.25. The summed E-state index contributed by atoms with van der Waals surface area (Å²) in [6.45, 7) is 0. The first kappa shape index (κ1) is 11.1. The maximum absolute atomic E-state index is 8.68. The molecule has 0 heterocycles. The van der Waals surface area contributed by atoms with Crippen molar-refractivity contribution in [2.24, 2.45) is 0 Å². The minimum Gasteiger partial charge on any atom is -0.192 e. The SMILES string of the molecule is N#Cc1ccc(Sc2ccc(S)cc2)cc1. The average Bonchev–Trinajstić information content (AvgIpc) is 2.33. The van der Waals surface area contributed by atoms with Crippen LogP contribution in [0.25, 0.3) is 0 Å². The Morgan fingerprint density at radius 3 is 1.88 bits per heavy atom. The number of rotatable bonds is 2. The van der Waals surface area contributed by atoms with Crippen molar-refractivity contribution in [2.75, 3.05) is 0 Å². The molecule has 0 bridgehead atoms. The second-order valence-corrected chi connectivity index (χ2v) is 4.90. The molecule has 1 nitrogen and oxygen atoms in total. The number of benzene rings is 2. The first-order valence-corrected chi connectivity index (χ1v) is 6.01. The summed E-state index contributed by atoms with van der Waals surface area (Å²) in [6, 6.07) is 17.7. The molecular weight excluding hydrogens is 234 g/mol. The van der Waals surface area contributed by atoms with E-state index in [4.69, 9.17) is 5.26 Å². The summed E-state index contributed by atoms with van der Waals surface area (Å²) in [5.74, 6) is 0. The van der Waals surface area contributed by atoms with Crippen LogP contribution in [0.3, 0.4) is 0 Å². The lowest BCUT2D eigenvalue weighted by molar-refractivity contribution is 1.34. The Kier molecular flexibility index (Phi) is 3.55. The largest absolute Gasteiger partial charge is 0.192 e. The first-order chi connectivity index (χ1) is 7.78. The highest BCUT2D eigenvalue weighted by Crippen LogP contribution is 2.28. The van der Waals surface area contributed by atoms with E-state index >= 15 is 0 Å². The molecule has 0 aromatic heterocycles. The highest BCUT2D eigenvalue weighted by Gasteiger charge is 1.97. The Labute approximate surface area is 105 Å². The van der Waals surface area contributed by atoms with Crippen molar-refractivity contribution in [3.8, 4) is 6.07 Å². The Morgan fingerprint density at radius 2 is 1.38 bits per heavy atom. The molecule has 0 aliphatic carbocycles. The molecule has 0 saturated heterocycles. The number of hydrogen-bond acceptors (Lipinski definition) is 3. The predicted molar refractivity (Wildman–Crippen MR) is 69.0 cm³/mol. The third-order valence-corrected chi connectivity index (χ3v) is 3.37. The minimum atomic E-state index is 0.690. The van der Waals surface area contributed by atoms with E-state index in [1.807, 2.05) is 48.5 Å². The molecule has 2 aromatic carbocycles. The van der Waals surface area contributed by atoms with Gasteiger partial charge in [0.05, 0.1) is 11.6 Å². The third kappa shape index (κ3) is 2.82. The lowest BCUT2D eigenvalue weighted by atomic mass is 10.2. The van der Waals surface area contributed by atoms with Gasteiger partial charge in [-0.25, -0.2) is 0 Å². The van der Waals surface area contributed by atoms with Crippen molar-refractivity contribution in [3.05, 3.63) is 54.1 Å². The second-order valence-electron chi connectivity index (χ2n) is 3.23. The van der Waals surface area contributed by atoms with Gasteiger partial charge in [0.25, 0.3) is 0 Å². The first-order valence-electron chi connectivity index (χ1n) is 4.75. The van der Waals surface area contributed by atoms with Gasteiger partial charge in [0.15, 0.2) is 0 Å². The number of nitrogens with zero attached hydrogens (tertiary/aromatic N) is 1. The molecule has 0 radical (unpaired) electrons. The molecule has 2 aromatic rings. The Morgan fingerprint density at radius 1 is 0.875 bits per heavy atom. The summed E-state index contributed by atoms with van der Waals surface area (Å²) >= 11 is 5.91. The number of thiol groups is 1. The molecule has 3 heteroatoms. The van der Waals surface area contributed by atoms with Gasteiger partial charge < -0.3 is 0 Å². The van der Waals surface area contributed by atoms with Gasteiger partial charge in [-0.1, -0.05) is 11.8 Å². The van der Waals surface area contributed by atoms with Crippen LogP contribution in [0.5, 0.6) is 0 Å². The quantitative estimate of drug-likeness (QED) is 0.806. The van der Waals surface area contributed by atoms with Crippen molar-refractivity contribution < 1.29 is 0 Å². The zero-order chi connectivity index (χ0) is 11.4. The summed E-state index contributed by atoms with van der Waals surface area (Å²) in [6.07, 6.45) is 0. The van der Waals surface area contributed by atoms with Gasteiger partial charge in [-0.15, -0.1) is 12.6 Å². The molecule has 0 saturated carbocycles. The molecule has 0 aliphatic heterocycles. The van der Waals surface area contributed by atoms with Gasteiger partial charge in [-0.2, -0.15) is 5.26 Å². The van der Waals surface area contributed by atoms with Crippen molar-refractivity contribution in [3.63, 3.8) is 0 Å². The zero-order valence-electron chi connectivity index (χ0n) is 8.42. The van der Waals surface area contributed by atoms with Gasteiger partial charge in [-0.05, 0) is 48.5 Å². The lowest BCUT2D eigenvalue weighted by Gasteiger charge is -2.01. The predicted octanol–water partition coefficient (Wildman–Crippen LogP) is 4.00. The molecule has 0 N–H and O–H groups in total. The van der Waals surface area contributed by atoms with E-state index < -0.39 is 0 Å².